The van der Waals surface area contributed by atoms with Crippen molar-refractivity contribution in [1.29, 1.82) is 0 Å². The van der Waals surface area contributed by atoms with Crippen LogP contribution in [0.5, 0.6) is 17.2 Å². The third-order valence-corrected chi connectivity index (χ3v) is 5.92. The molecule has 0 bridgehead atoms. The number of fused-ring (bicyclic) bond motifs is 2. The standard InChI is InChI=1S/C25H22N2O4/c28-15-16-5-7-20-22(13-16)31-23-14-17(29)6-8-21(23)24(20)18-3-1-2-4-19(18)25(30)27-11-9-26-10-12-27/h1-8,13-15,24,26,29H,9-12H2. The van der Waals surface area contributed by atoms with Gasteiger partial charge in [0.2, 0.25) is 0 Å². The maximum Gasteiger partial charge on any atom is 0.254 e. The fourth-order valence-electron chi connectivity index (χ4n) is 4.40. The van der Waals surface area contributed by atoms with Crippen LogP contribution in [0.15, 0.2) is 60.7 Å². The Kier molecular flexibility index (Phi) is 4.92. The Morgan fingerprint density at radius 3 is 2.45 bits per heavy atom. The molecule has 5 rings (SSSR count). The van der Waals surface area contributed by atoms with E-state index >= 15 is 0 Å². The summed E-state index contributed by atoms with van der Waals surface area (Å²) in [5.41, 5.74) is 3.78. The second-order valence-corrected chi connectivity index (χ2v) is 7.80. The third-order valence-electron chi connectivity index (χ3n) is 5.92. The summed E-state index contributed by atoms with van der Waals surface area (Å²) in [5, 5.41) is 13.3. The second-order valence-electron chi connectivity index (χ2n) is 7.80. The SMILES string of the molecule is O=Cc1ccc2c(c1)Oc1cc(O)ccc1C2c1ccccc1C(=O)N1CCNCC1. The number of amides is 1. The number of nitrogens with zero attached hydrogens (tertiary/aromatic N) is 1. The molecule has 1 atom stereocenters. The van der Waals surface area contributed by atoms with Crippen molar-refractivity contribution in [3.05, 3.63) is 88.5 Å². The molecule has 3 aromatic carbocycles. The van der Waals surface area contributed by atoms with E-state index in [0.717, 1.165) is 36.1 Å². The molecule has 2 N–H and O–H groups in total. The van der Waals surface area contributed by atoms with Crippen molar-refractivity contribution >= 4 is 12.2 Å². The fraction of sp³-hybridized carbons (Fsp3) is 0.200. The van der Waals surface area contributed by atoms with Gasteiger partial charge in [-0.2, -0.15) is 0 Å². The van der Waals surface area contributed by atoms with Crippen LogP contribution in [0.4, 0.5) is 0 Å². The quantitative estimate of drug-likeness (QED) is 0.502. The Morgan fingerprint density at radius 2 is 1.68 bits per heavy atom. The summed E-state index contributed by atoms with van der Waals surface area (Å²) >= 11 is 0. The molecule has 0 radical (unpaired) electrons. The number of rotatable bonds is 3. The number of hydrogen-bond donors (Lipinski definition) is 2. The predicted molar refractivity (Wildman–Crippen MR) is 116 cm³/mol. The minimum atomic E-state index is -0.261. The van der Waals surface area contributed by atoms with Gasteiger partial charge in [0.25, 0.3) is 5.91 Å². The van der Waals surface area contributed by atoms with Gasteiger partial charge in [-0.05, 0) is 23.8 Å². The monoisotopic (exact) mass is 414 g/mol. The number of hydrogen-bond acceptors (Lipinski definition) is 5. The molecule has 2 aliphatic rings. The summed E-state index contributed by atoms with van der Waals surface area (Å²) in [6.07, 6.45) is 0.776. The summed E-state index contributed by atoms with van der Waals surface area (Å²) in [4.78, 5) is 26.6. The van der Waals surface area contributed by atoms with Gasteiger partial charge in [0.05, 0.1) is 0 Å². The lowest BCUT2D eigenvalue weighted by molar-refractivity contribution is 0.0734. The average molecular weight is 414 g/mol. The van der Waals surface area contributed by atoms with E-state index in [2.05, 4.69) is 5.32 Å². The van der Waals surface area contributed by atoms with Crippen LogP contribution >= 0.6 is 0 Å². The van der Waals surface area contributed by atoms with Crippen LogP contribution in [0.3, 0.4) is 0 Å². The van der Waals surface area contributed by atoms with E-state index in [4.69, 9.17) is 4.74 Å². The average Bonchev–Trinajstić information content (AvgIpc) is 2.82. The Bertz CT molecular complexity index is 1170. The highest BCUT2D eigenvalue weighted by Crippen LogP contribution is 2.49. The van der Waals surface area contributed by atoms with E-state index in [1.807, 2.05) is 41.3 Å². The molecule has 0 spiro atoms. The minimum Gasteiger partial charge on any atom is -0.508 e. The molecule has 1 unspecified atom stereocenters. The lowest BCUT2D eigenvalue weighted by Crippen LogP contribution is -2.46. The smallest absolute Gasteiger partial charge is 0.254 e. The predicted octanol–water partition coefficient (Wildman–Crippen LogP) is 3.54. The zero-order valence-corrected chi connectivity index (χ0v) is 16.9. The van der Waals surface area contributed by atoms with Crippen LogP contribution in [-0.4, -0.2) is 48.4 Å². The molecular weight excluding hydrogens is 392 g/mol. The van der Waals surface area contributed by atoms with Gasteiger partial charge in [-0.3, -0.25) is 9.59 Å². The molecule has 156 valence electrons. The van der Waals surface area contributed by atoms with Crippen molar-refractivity contribution in [2.75, 3.05) is 26.2 Å². The first kappa shape index (κ1) is 19.3. The topological polar surface area (TPSA) is 78.9 Å². The zero-order chi connectivity index (χ0) is 21.4. The lowest BCUT2D eigenvalue weighted by Gasteiger charge is -2.32. The second kappa shape index (κ2) is 7.89. The molecule has 6 heteroatoms. The number of carbonyl (C=O) groups excluding carboxylic acids is 2. The molecule has 6 nitrogen and oxygen atoms in total. The normalized spacial score (nSPS) is 17.3. The van der Waals surface area contributed by atoms with E-state index in [-0.39, 0.29) is 17.6 Å². The van der Waals surface area contributed by atoms with Gasteiger partial charge < -0.3 is 20.1 Å². The van der Waals surface area contributed by atoms with E-state index < -0.39 is 0 Å². The number of phenols is 1. The van der Waals surface area contributed by atoms with Crippen molar-refractivity contribution in [3.63, 3.8) is 0 Å². The van der Waals surface area contributed by atoms with Crippen LogP contribution in [0.2, 0.25) is 0 Å². The van der Waals surface area contributed by atoms with Crippen molar-refractivity contribution in [1.82, 2.24) is 10.2 Å². The van der Waals surface area contributed by atoms with Crippen LogP contribution in [0.1, 0.15) is 43.3 Å². The Labute approximate surface area is 180 Å². The number of aldehydes is 1. The summed E-state index contributed by atoms with van der Waals surface area (Å²) in [6.45, 7) is 2.91. The molecule has 0 aliphatic carbocycles. The van der Waals surface area contributed by atoms with Crippen molar-refractivity contribution in [3.8, 4) is 17.2 Å². The molecule has 1 saturated heterocycles. The highest BCUT2D eigenvalue weighted by atomic mass is 16.5. The summed E-state index contributed by atoms with van der Waals surface area (Å²) in [5.74, 6) is 0.915. The van der Waals surface area contributed by atoms with Gasteiger partial charge in [-0.15, -0.1) is 0 Å². The number of carbonyl (C=O) groups is 2. The number of phenolic OH excluding ortho intramolecular Hbond substituents is 1. The lowest BCUT2D eigenvalue weighted by atomic mass is 9.80. The van der Waals surface area contributed by atoms with E-state index in [1.54, 1.807) is 24.3 Å². The summed E-state index contributed by atoms with van der Waals surface area (Å²) in [7, 11) is 0. The molecular formula is C25H22N2O4. The largest absolute Gasteiger partial charge is 0.508 e. The van der Waals surface area contributed by atoms with Gasteiger partial charge in [0.15, 0.2) is 0 Å². The van der Waals surface area contributed by atoms with Gasteiger partial charge in [0.1, 0.15) is 23.5 Å². The minimum absolute atomic E-state index is 0.00924. The van der Waals surface area contributed by atoms with Crippen LogP contribution in [0.25, 0.3) is 0 Å². The number of nitrogens with one attached hydrogen (secondary N) is 1. The molecule has 0 aromatic heterocycles. The molecule has 2 heterocycles. The first-order chi connectivity index (χ1) is 15.2. The van der Waals surface area contributed by atoms with Crippen molar-refractivity contribution in [2.24, 2.45) is 0 Å². The maximum atomic E-state index is 13.4. The molecule has 1 fully saturated rings. The van der Waals surface area contributed by atoms with Crippen LogP contribution in [-0.2, 0) is 0 Å². The van der Waals surface area contributed by atoms with Crippen molar-refractivity contribution in [2.45, 2.75) is 5.92 Å². The molecule has 1 amide bonds. The zero-order valence-electron chi connectivity index (χ0n) is 16.9. The number of ether oxygens (including phenoxy) is 1. The summed E-state index contributed by atoms with van der Waals surface area (Å²) < 4.78 is 6.05. The first-order valence-electron chi connectivity index (χ1n) is 10.3. The van der Waals surface area contributed by atoms with Gasteiger partial charge in [-0.25, -0.2) is 0 Å². The first-order valence-corrected chi connectivity index (χ1v) is 10.3. The van der Waals surface area contributed by atoms with Gasteiger partial charge >= 0.3 is 0 Å². The van der Waals surface area contributed by atoms with Crippen molar-refractivity contribution < 1.29 is 19.4 Å². The molecule has 31 heavy (non-hydrogen) atoms. The van der Waals surface area contributed by atoms with Crippen LogP contribution < -0.4 is 10.1 Å². The maximum absolute atomic E-state index is 13.4. The highest BCUT2D eigenvalue weighted by Gasteiger charge is 2.32. The summed E-state index contributed by atoms with van der Waals surface area (Å²) in [6, 6.07) is 18.0. The molecule has 3 aromatic rings. The van der Waals surface area contributed by atoms with Gasteiger partial charge in [0, 0.05) is 60.4 Å². The van der Waals surface area contributed by atoms with Crippen LogP contribution in [0, 0.1) is 0 Å². The number of aromatic hydroxyl groups is 1. The Morgan fingerprint density at radius 1 is 0.968 bits per heavy atom. The number of benzene rings is 3. The van der Waals surface area contributed by atoms with E-state index in [1.165, 1.54) is 0 Å². The van der Waals surface area contributed by atoms with E-state index in [0.29, 0.717) is 35.7 Å². The Balaban J connectivity index is 1.67. The van der Waals surface area contributed by atoms with E-state index in [9.17, 15) is 14.7 Å². The van der Waals surface area contributed by atoms with Gasteiger partial charge in [-0.1, -0.05) is 36.4 Å². The highest BCUT2D eigenvalue weighted by molar-refractivity contribution is 5.96. The third kappa shape index (κ3) is 3.45. The fourth-order valence-corrected chi connectivity index (χ4v) is 4.40. The molecule has 0 saturated carbocycles. The number of piperazine rings is 1. The molecule has 2 aliphatic heterocycles. The Hall–Kier alpha value is -3.64.